The van der Waals surface area contributed by atoms with Gasteiger partial charge in [-0.25, -0.2) is 0 Å². The number of piperazine rings is 1. The first-order valence-corrected chi connectivity index (χ1v) is 6.83. The second-order valence-electron chi connectivity index (χ2n) is 4.95. The Morgan fingerprint density at radius 2 is 2.05 bits per heavy atom. The van der Waals surface area contributed by atoms with Crippen molar-refractivity contribution in [3.63, 3.8) is 0 Å². The largest absolute Gasteiger partial charge is 0.367 e. The fraction of sp³-hybridized carbons (Fsp3) is 0.571. The van der Waals surface area contributed by atoms with E-state index in [0.717, 1.165) is 44.0 Å². The Labute approximate surface area is 114 Å². The van der Waals surface area contributed by atoms with Gasteiger partial charge in [0.1, 0.15) is 0 Å². The summed E-state index contributed by atoms with van der Waals surface area (Å²) in [5.74, 6) is 0.155. The van der Waals surface area contributed by atoms with Crippen LogP contribution in [0.3, 0.4) is 0 Å². The van der Waals surface area contributed by atoms with Crippen molar-refractivity contribution in [2.75, 3.05) is 31.1 Å². The molecular weight excluding hydrogens is 240 g/mol. The molecule has 1 aliphatic rings. The number of amides is 1. The van der Waals surface area contributed by atoms with Gasteiger partial charge in [0.2, 0.25) is 5.91 Å². The van der Waals surface area contributed by atoms with Crippen LogP contribution in [0.5, 0.6) is 0 Å². The first kappa shape index (κ1) is 13.8. The zero-order chi connectivity index (χ0) is 13.8. The van der Waals surface area contributed by atoms with E-state index in [1.807, 2.05) is 17.2 Å². The predicted octanol–water partition coefficient (Wildman–Crippen LogP) is 1.16. The highest BCUT2D eigenvalue weighted by Crippen LogP contribution is 2.18. The van der Waals surface area contributed by atoms with Crippen molar-refractivity contribution in [1.82, 2.24) is 9.88 Å². The number of aromatic nitrogens is 1. The first-order chi connectivity index (χ1) is 9.11. The SMILES string of the molecule is CCC(N)c1ccc(N2CCN(C(C)=O)CC2)cn1. The zero-order valence-electron chi connectivity index (χ0n) is 11.7. The van der Waals surface area contributed by atoms with Crippen LogP contribution < -0.4 is 10.6 Å². The monoisotopic (exact) mass is 262 g/mol. The molecule has 5 heteroatoms. The van der Waals surface area contributed by atoms with E-state index in [2.05, 4.69) is 22.9 Å². The van der Waals surface area contributed by atoms with Gasteiger partial charge in [0.15, 0.2) is 0 Å². The highest BCUT2D eigenvalue weighted by Gasteiger charge is 2.19. The van der Waals surface area contributed by atoms with Gasteiger partial charge in [-0.1, -0.05) is 6.92 Å². The molecule has 0 bridgehead atoms. The molecule has 0 saturated carbocycles. The predicted molar refractivity (Wildman–Crippen MR) is 75.9 cm³/mol. The van der Waals surface area contributed by atoms with Crippen LogP contribution >= 0.6 is 0 Å². The maximum absolute atomic E-state index is 11.3. The van der Waals surface area contributed by atoms with Gasteiger partial charge in [-0.3, -0.25) is 9.78 Å². The number of nitrogens with zero attached hydrogens (tertiary/aromatic N) is 3. The average molecular weight is 262 g/mol. The van der Waals surface area contributed by atoms with Crippen molar-refractivity contribution in [1.29, 1.82) is 0 Å². The Balaban J connectivity index is 1.98. The Morgan fingerprint density at radius 1 is 1.37 bits per heavy atom. The summed E-state index contributed by atoms with van der Waals surface area (Å²) in [5.41, 5.74) is 8.00. The van der Waals surface area contributed by atoms with Crippen molar-refractivity contribution in [2.24, 2.45) is 5.73 Å². The van der Waals surface area contributed by atoms with Gasteiger partial charge in [-0.2, -0.15) is 0 Å². The van der Waals surface area contributed by atoms with Crippen molar-refractivity contribution in [3.8, 4) is 0 Å². The van der Waals surface area contributed by atoms with Gasteiger partial charge in [-0.05, 0) is 18.6 Å². The summed E-state index contributed by atoms with van der Waals surface area (Å²) in [6.45, 7) is 6.97. The van der Waals surface area contributed by atoms with Gasteiger partial charge in [0.25, 0.3) is 0 Å². The maximum Gasteiger partial charge on any atom is 0.219 e. The van der Waals surface area contributed by atoms with Crippen molar-refractivity contribution in [2.45, 2.75) is 26.3 Å². The summed E-state index contributed by atoms with van der Waals surface area (Å²) in [5, 5.41) is 0. The van der Waals surface area contributed by atoms with Crippen LogP contribution in [-0.2, 0) is 4.79 Å². The minimum Gasteiger partial charge on any atom is -0.367 e. The Hall–Kier alpha value is -1.62. The number of hydrogen-bond donors (Lipinski definition) is 1. The lowest BCUT2D eigenvalue weighted by atomic mass is 10.1. The van der Waals surface area contributed by atoms with Crippen molar-refractivity contribution in [3.05, 3.63) is 24.0 Å². The van der Waals surface area contributed by atoms with E-state index in [1.54, 1.807) is 6.92 Å². The lowest BCUT2D eigenvalue weighted by Gasteiger charge is -2.35. The average Bonchev–Trinajstić information content (AvgIpc) is 2.46. The van der Waals surface area contributed by atoms with Crippen LogP contribution in [0.2, 0.25) is 0 Å². The smallest absolute Gasteiger partial charge is 0.219 e. The molecule has 0 aliphatic carbocycles. The molecule has 1 unspecified atom stereocenters. The van der Waals surface area contributed by atoms with E-state index in [9.17, 15) is 4.79 Å². The third kappa shape index (κ3) is 3.23. The third-order valence-corrected chi connectivity index (χ3v) is 3.68. The van der Waals surface area contributed by atoms with Gasteiger partial charge in [0, 0.05) is 39.1 Å². The molecule has 5 nitrogen and oxygen atoms in total. The molecule has 2 rings (SSSR count). The van der Waals surface area contributed by atoms with Crippen LogP contribution in [0.15, 0.2) is 18.3 Å². The van der Waals surface area contributed by atoms with Crippen LogP contribution in [-0.4, -0.2) is 42.0 Å². The quantitative estimate of drug-likeness (QED) is 0.888. The molecule has 0 radical (unpaired) electrons. The Morgan fingerprint density at radius 3 is 2.53 bits per heavy atom. The van der Waals surface area contributed by atoms with E-state index in [1.165, 1.54) is 0 Å². The lowest BCUT2D eigenvalue weighted by Crippen LogP contribution is -2.48. The lowest BCUT2D eigenvalue weighted by molar-refractivity contribution is -0.129. The molecule has 1 atom stereocenters. The van der Waals surface area contributed by atoms with Crippen LogP contribution in [0.25, 0.3) is 0 Å². The van der Waals surface area contributed by atoms with Crippen LogP contribution in [0, 0.1) is 0 Å². The summed E-state index contributed by atoms with van der Waals surface area (Å²) in [6.07, 6.45) is 2.78. The second kappa shape index (κ2) is 6.02. The molecule has 1 saturated heterocycles. The van der Waals surface area contributed by atoms with Crippen LogP contribution in [0.4, 0.5) is 5.69 Å². The molecule has 104 valence electrons. The van der Waals surface area contributed by atoms with E-state index in [0.29, 0.717) is 0 Å². The van der Waals surface area contributed by atoms with Gasteiger partial charge < -0.3 is 15.5 Å². The minimum atomic E-state index is 0.0172. The fourth-order valence-corrected chi connectivity index (χ4v) is 2.29. The van der Waals surface area contributed by atoms with E-state index in [-0.39, 0.29) is 11.9 Å². The van der Waals surface area contributed by atoms with Crippen molar-refractivity contribution >= 4 is 11.6 Å². The molecule has 1 amide bonds. The van der Waals surface area contributed by atoms with E-state index < -0.39 is 0 Å². The molecule has 1 aliphatic heterocycles. The Kier molecular flexibility index (Phi) is 4.37. The number of rotatable bonds is 3. The number of nitrogens with two attached hydrogens (primary N) is 1. The molecule has 19 heavy (non-hydrogen) atoms. The number of carbonyl (C=O) groups is 1. The fourth-order valence-electron chi connectivity index (χ4n) is 2.29. The topological polar surface area (TPSA) is 62.5 Å². The summed E-state index contributed by atoms with van der Waals surface area (Å²) < 4.78 is 0. The molecule has 0 spiro atoms. The zero-order valence-corrected chi connectivity index (χ0v) is 11.7. The molecule has 2 N–H and O–H groups in total. The standard InChI is InChI=1S/C14H22N4O/c1-3-13(15)14-5-4-12(10-16-14)18-8-6-17(7-9-18)11(2)19/h4-5,10,13H,3,6-9,15H2,1-2H3. The maximum atomic E-state index is 11.3. The van der Waals surface area contributed by atoms with E-state index in [4.69, 9.17) is 5.73 Å². The molecule has 1 aromatic heterocycles. The highest BCUT2D eigenvalue weighted by molar-refractivity contribution is 5.73. The Bertz CT molecular complexity index is 424. The van der Waals surface area contributed by atoms with E-state index >= 15 is 0 Å². The number of anilines is 1. The first-order valence-electron chi connectivity index (χ1n) is 6.83. The third-order valence-electron chi connectivity index (χ3n) is 3.68. The molecular formula is C14H22N4O. The number of carbonyl (C=O) groups excluding carboxylic acids is 1. The molecule has 0 aromatic carbocycles. The number of pyridine rings is 1. The van der Waals surface area contributed by atoms with Gasteiger partial charge in [-0.15, -0.1) is 0 Å². The molecule has 1 aromatic rings. The minimum absolute atomic E-state index is 0.0172. The molecule has 2 heterocycles. The van der Waals surface area contributed by atoms with Crippen molar-refractivity contribution < 1.29 is 4.79 Å². The number of hydrogen-bond acceptors (Lipinski definition) is 4. The highest BCUT2D eigenvalue weighted by atomic mass is 16.2. The summed E-state index contributed by atoms with van der Waals surface area (Å²) >= 11 is 0. The summed E-state index contributed by atoms with van der Waals surface area (Å²) in [6, 6.07) is 4.09. The van der Waals surface area contributed by atoms with Gasteiger partial charge in [0.05, 0.1) is 17.6 Å². The summed E-state index contributed by atoms with van der Waals surface area (Å²) in [4.78, 5) is 19.8. The molecule has 1 fully saturated rings. The van der Waals surface area contributed by atoms with Gasteiger partial charge >= 0.3 is 0 Å². The normalized spacial score (nSPS) is 17.4. The summed E-state index contributed by atoms with van der Waals surface area (Å²) in [7, 11) is 0. The van der Waals surface area contributed by atoms with Crippen LogP contribution in [0.1, 0.15) is 32.0 Å². The second-order valence-corrected chi connectivity index (χ2v) is 4.95.